The summed E-state index contributed by atoms with van der Waals surface area (Å²) in [6.07, 6.45) is 4.47. The minimum absolute atomic E-state index is 0.0459. The first-order valence-corrected chi connectivity index (χ1v) is 11.5. The first kappa shape index (κ1) is 19.2. The van der Waals surface area contributed by atoms with Crippen LogP contribution < -0.4 is 5.14 Å². The second kappa shape index (κ2) is 7.50. The maximum Gasteiger partial charge on any atom is 0.240 e. The Labute approximate surface area is 173 Å². The predicted octanol–water partition coefficient (Wildman–Crippen LogP) is 3.04. The second-order valence-electron chi connectivity index (χ2n) is 7.78. The molecule has 2 N–H and O–H groups in total. The van der Waals surface area contributed by atoms with E-state index in [4.69, 9.17) is 14.2 Å². The lowest BCUT2D eigenvalue weighted by atomic mass is 9.89. The number of piperidine rings is 1. The lowest BCUT2D eigenvalue weighted by Crippen LogP contribution is -2.35. The number of para-hydroxylation sites is 1. The van der Waals surface area contributed by atoms with Gasteiger partial charge in [0.2, 0.25) is 10.0 Å². The number of furan rings is 1. The summed E-state index contributed by atoms with van der Waals surface area (Å²) in [5, 5.41) is 14.2. The van der Waals surface area contributed by atoms with Crippen molar-refractivity contribution >= 4 is 32.0 Å². The summed E-state index contributed by atoms with van der Waals surface area (Å²) in [6, 6.07) is 11.6. The number of hydrogen-bond donors (Lipinski definition) is 1. The van der Waals surface area contributed by atoms with Crippen LogP contribution in [0.25, 0.3) is 22.0 Å². The fourth-order valence-corrected chi connectivity index (χ4v) is 5.41. The Bertz CT molecular complexity index is 1300. The summed E-state index contributed by atoms with van der Waals surface area (Å²) in [6.45, 7) is 2.71. The zero-order valence-corrected chi connectivity index (χ0v) is 17.1. The number of likely N-dealkylation sites (tertiary alicyclic amines) is 1. The van der Waals surface area contributed by atoms with E-state index in [1.807, 2.05) is 24.5 Å². The topological polar surface area (TPSA) is 115 Å². The summed E-state index contributed by atoms with van der Waals surface area (Å²) in [4.78, 5) is 2.45. The van der Waals surface area contributed by atoms with Crippen LogP contribution in [-0.2, 0) is 16.4 Å². The van der Waals surface area contributed by atoms with Crippen LogP contribution in [0.15, 0.2) is 56.6 Å². The van der Waals surface area contributed by atoms with Crippen LogP contribution in [0.2, 0.25) is 0 Å². The van der Waals surface area contributed by atoms with Crippen LogP contribution in [0.4, 0.5) is 0 Å². The van der Waals surface area contributed by atoms with Gasteiger partial charge in [0.25, 0.3) is 0 Å². The molecule has 0 unspecified atom stereocenters. The van der Waals surface area contributed by atoms with Crippen LogP contribution in [0.3, 0.4) is 0 Å². The normalized spacial score (nSPS) is 16.6. The standard InChI is InChI=1S/C21H22N4O4S/c22-30(26,27)21-17(5-6-18-20(21)24-29-23-18)14-7-10-25(11-8-14)12-9-15-13-28-19-4-2-1-3-16(15)19/h1-6,13-14H,7-12H2,(H2,22,26,27). The van der Waals surface area contributed by atoms with Crippen molar-refractivity contribution < 1.29 is 17.5 Å². The fraction of sp³-hybridized carbons (Fsp3) is 0.333. The van der Waals surface area contributed by atoms with Gasteiger partial charge in [-0.15, -0.1) is 0 Å². The molecular formula is C21H22N4O4S. The van der Waals surface area contributed by atoms with Crippen LogP contribution in [0.1, 0.15) is 29.9 Å². The smallest absolute Gasteiger partial charge is 0.240 e. The Hall–Kier alpha value is -2.75. The first-order valence-electron chi connectivity index (χ1n) is 9.96. The van der Waals surface area contributed by atoms with E-state index in [2.05, 4.69) is 21.3 Å². The molecular weight excluding hydrogens is 404 g/mol. The average Bonchev–Trinajstić information content (AvgIpc) is 3.38. The summed E-state index contributed by atoms with van der Waals surface area (Å²) in [5.74, 6) is 0.102. The van der Waals surface area contributed by atoms with Gasteiger partial charge in [-0.1, -0.05) is 24.3 Å². The van der Waals surface area contributed by atoms with E-state index in [1.54, 1.807) is 12.1 Å². The second-order valence-corrected chi connectivity index (χ2v) is 9.28. The zero-order chi connectivity index (χ0) is 20.7. The van der Waals surface area contributed by atoms with Crippen molar-refractivity contribution in [3.63, 3.8) is 0 Å². The first-order chi connectivity index (χ1) is 14.5. The number of nitrogens with two attached hydrogens (primary N) is 1. The van der Waals surface area contributed by atoms with Gasteiger partial charge in [-0.25, -0.2) is 18.2 Å². The van der Waals surface area contributed by atoms with Crippen molar-refractivity contribution in [2.24, 2.45) is 5.14 Å². The van der Waals surface area contributed by atoms with Crippen LogP contribution in [-0.4, -0.2) is 43.3 Å². The molecule has 5 rings (SSSR count). The van der Waals surface area contributed by atoms with Crippen molar-refractivity contribution in [1.82, 2.24) is 15.2 Å². The summed E-state index contributed by atoms with van der Waals surface area (Å²) >= 11 is 0. The molecule has 0 aliphatic carbocycles. The molecule has 0 radical (unpaired) electrons. The van der Waals surface area contributed by atoms with E-state index in [0.29, 0.717) is 11.1 Å². The number of fused-ring (bicyclic) bond motifs is 2. The number of hydrogen-bond acceptors (Lipinski definition) is 7. The third-order valence-corrected chi connectivity index (χ3v) is 6.98. The maximum absolute atomic E-state index is 12.3. The van der Waals surface area contributed by atoms with Crippen molar-refractivity contribution in [1.29, 1.82) is 0 Å². The SMILES string of the molecule is NS(=O)(=O)c1c(C2CCN(CCc3coc4ccccc34)CC2)ccc2nonc12. The van der Waals surface area contributed by atoms with Gasteiger partial charge in [0.05, 0.1) is 6.26 Å². The van der Waals surface area contributed by atoms with E-state index >= 15 is 0 Å². The molecule has 3 heterocycles. The van der Waals surface area contributed by atoms with Gasteiger partial charge in [0.1, 0.15) is 16.0 Å². The van der Waals surface area contributed by atoms with E-state index in [0.717, 1.165) is 44.5 Å². The third-order valence-electron chi connectivity index (χ3n) is 5.98. The molecule has 2 aromatic carbocycles. The van der Waals surface area contributed by atoms with Gasteiger partial charge in [0.15, 0.2) is 5.52 Å². The van der Waals surface area contributed by atoms with Crippen LogP contribution in [0, 0.1) is 0 Å². The van der Waals surface area contributed by atoms with Crippen molar-refractivity contribution in [3.8, 4) is 0 Å². The van der Waals surface area contributed by atoms with Gasteiger partial charge < -0.3 is 9.32 Å². The Balaban J connectivity index is 1.29. The highest BCUT2D eigenvalue weighted by atomic mass is 32.2. The molecule has 4 aromatic rings. The molecule has 1 saturated heterocycles. The molecule has 30 heavy (non-hydrogen) atoms. The number of primary sulfonamides is 1. The monoisotopic (exact) mass is 426 g/mol. The summed E-state index contributed by atoms with van der Waals surface area (Å²) in [7, 11) is -3.94. The molecule has 0 amide bonds. The molecule has 0 atom stereocenters. The van der Waals surface area contributed by atoms with E-state index < -0.39 is 10.0 Å². The fourth-order valence-electron chi connectivity index (χ4n) is 4.44. The van der Waals surface area contributed by atoms with E-state index in [-0.39, 0.29) is 16.3 Å². The number of rotatable bonds is 5. The quantitative estimate of drug-likeness (QED) is 0.521. The molecule has 2 aromatic heterocycles. The minimum Gasteiger partial charge on any atom is -0.464 e. The number of aromatic nitrogens is 2. The van der Waals surface area contributed by atoms with E-state index in [9.17, 15) is 8.42 Å². The molecule has 156 valence electrons. The number of sulfonamides is 1. The molecule has 8 nitrogen and oxygen atoms in total. The third kappa shape index (κ3) is 3.49. The van der Waals surface area contributed by atoms with Gasteiger partial charge in [-0.05, 0) is 71.8 Å². The lowest BCUT2D eigenvalue weighted by molar-refractivity contribution is 0.214. The van der Waals surface area contributed by atoms with Gasteiger partial charge in [0, 0.05) is 11.9 Å². The highest BCUT2D eigenvalue weighted by Crippen LogP contribution is 2.35. The van der Waals surface area contributed by atoms with Crippen LogP contribution >= 0.6 is 0 Å². The Morgan fingerprint density at radius 3 is 2.70 bits per heavy atom. The molecule has 1 aliphatic rings. The number of benzene rings is 2. The Kier molecular flexibility index (Phi) is 4.80. The van der Waals surface area contributed by atoms with Crippen molar-refractivity contribution in [2.75, 3.05) is 19.6 Å². The van der Waals surface area contributed by atoms with Gasteiger partial charge >= 0.3 is 0 Å². The van der Waals surface area contributed by atoms with Crippen molar-refractivity contribution in [3.05, 3.63) is 53.8 Å². The average molecular weight is 426 g/mol. The van der Waals surface area contributed by atoms with Crippen LogP contribution in [0.5, 0.6) is 0 Å². The largest absolute Gasteiger partial charge is 0.464 e. The van der Waals surface area contributed by atoms with E-state index in [1.165, 1.54) is 10.9 Å². The van der Waals surface area contributed by atoms with Gasteiger partial charge in [-0.3, -0.25) is 0 Å². The summed E-state index contributed by atoms with van der Waals surface area (Å²) in [5.41, 5.74) is 3.45. The predicted molar refractivity (Wildman–Crippen MR) is 112 cm³/mol. The van der Waals surface area contributed by atoms with Crippen molar-refractivity contribution in [2.45, 2.75) is 30.1 Å². The van der Waals surface area contributed by atoms with Gasteiger partial charge in [-0.2, -0.15) is 0 Å². The highest BCUT2D eigenvalue weighted by molar-refractivity contribution is 7.89. The lowest BCUT2D eigenvalue weighted by Gasteiger charge is -2.32. The highest BCUT2D eigenvalue weighted by Gasteiger charge is 2.29. The number of nitrogens with zero attached hydrogens (tertiary/aromatic N) is 3. The molecule has 1 fully saturated rings. The molecule has 0 saturated carbocycles. The Morgan fingerprint density at radius 2 is 1.90 bits per heavy atom. The zero-order valence-electron chi connectivity index (χ0n) is 16.3. The summed E-state index contributed by atoms with van der Waals surface area (Å²) < 4.78 is 34.9. The molecule has 0 spiro atoms. The minimum atomic E-state index is -3.94. The molecule has 9 heteroatoms. The maximum atomic E-state index is 12.3. The molecule has 0 bridgehead atoms. The Morgan fingerprint density at radius 1 is 1.10 bits per heavy atom. The molecule has 1 aliphatic heterocycles.